The molecule has 0 bridgehead atoms. The molecule has 5 nitrogen and oxygen atoms in total. The molecule has 0 aliphatic carbocycles. The van der Waals surface area contributed by atoms with Gasteiger partial charge in [0.2, 0.25) is 0 Å². The highest BCUT2D eigenvalue weighted by molar-refractivity contribution is 5.39. The molecule has 1 aromatic carbocycles. The third-order valence-corrected chi connectivity index (χ3v) is 4.75. The summed E-state index contributed by atoms with van der Waals surface area (Å²) in [6, 6.07) is 14.0. The summed E-state index contributed by atoms with van der Waals surface area (Å²) in [4.78, 5) is 6.88. The fraction of sp³-hybridized carbons (Fsp3) is 0.400. The molecule has 1 fully saturated rings. The van der Waals surface area contributed by atoms with Gasteiger partial charge in [-0.1, -0.05) is 18.2 Å². The maximum Gasteiger partial charge on any atom is 0.128 e. The van der Waals surface area contributed by atoms with Gasteiger partial charge in [-0.25, -0.2) is 4.98 Å². The maximum atomic E-state index is 9.22. The van der Waals surface area contributed by atoms with E-state index in [-0.39, 0.29) is 0 Å². The zero-order valence-electron chi connectivity index (χ0n) is 14.4. The van der Waals surface area contributed by atoms with Crippen molar-refractivity contribution >= 4 is 5.82 Å². The highest BCUT2D eigenvalue weighted by atomic mass is 16.3. The molecule has 0 spiro atoms. The fourth-order valence-corrected chi connectivity index (χ4v) is 3.10. The van der Waals surface area contributed by atoms with Gasteiger partial charge < -0.3 is 15.3 Å². The largest absolute Gasteiger partial charge is 0.396 e. The minimum atomic E-state index is 0.297. The summed E-state index contributed by atoms with van der Waals surface area (Å²) in [5.74, 6) is 1.47. The Morgan fingerprint density at radius 2 is 1.76 bits per heavy atom. The van der Waals surface area contributed by atoms with Crippen molar-refractivity contribution in [2.24, 2.45) is 5.92 Å². The third-order valence-electron chi connectivity index (χ3n) is 4.75. The van der Waals surface area contributed by atoms with Crippen LogP contribution in [0, 0.1) is 17.2 Å². The average Bonchev–Trinajstić information content (AvgIpc) is 2.69. The van der Waals surface area contributed by atoms with E-state index in [0.29, 0.717) is 18.1 Å². The Morgan fingerprint density at radius 1 is 1.08 bits per heavy atom. The first-order valence-corrected chi connectivity index (χ1v) is 8.79. The van der Waals surface area contributed by atoms with E-state index in [1.165, 1.54) is 0 Å². The molecule has 1 aliphatic heterocycles. The lowest BCUT2D eigenvalue weighted by Crippen LogP contribution is -2.35. The van der Waals surface area contributed by atoms with Crippen molar-refractivity contribution in [3.63, 3.8) is 0 Å². The molecule has 0 saturated carbocycles. The number of hydrogen-bond acceptors (Lipinski definition) is 5. The SMILES string of the molecule is N#Cc1ccc(CNCc2ccc(N3CCC(CO)CC3)nc2)cc1. The number of nitriles is 1. The molecule has 2 heterocycles. The van der Waals surface area contributed by atoms with Gasteiger partial charge in [-0.3, -0.25) is 0 Å². The van der Waals surface area contributed by atoms with Crippen LogP contribution in [0.4, 0.5) is 5.82 Å². The van der Waals surface area contributed by atoms with Gasteiger partial charge in [-0.2, -0.15) is 5.26 Å². The Bertz CT molecular complexity index is 698. The molecule has 1 aromatic heterocycles. The molecule has 1 aliphatic rings. The first-order chi connectivity index (χ1) is 12.3. The van der Waals surface area contributed by atoms with Gasteiger partial charge in [0, 0.05) is 39.0 Å². The van der Waals surface area contributed by atoms with Crippen molar-refractivity contribution in [2.75, 3.05) is 24.6 Å². The molecule has 5 heteroatoms. The number of pyridine rings is 1. The van der Waals surface area contributed by atoms with E-state index < -0.39 is 0 Å². The number of anilines is 1. The Labute approximate surface area is 148 Å². The molecule has 3 rings (SSSR count). The highest BCUT2D eigenvalue weighted by Gasteiger charge is 2.19. The van der Waals surface area contributed by atoms with Crippen molar-refractivity contribution < 1.29 is 5.11 Å². The van der Waals surface area contributed by atoms with Crippen LogP contribution >= 0.6 is 0 Å². The maximum absolute atomic E-state index is 9.22. The molecular formula is C20H24N4O. The zero-order chi connectivity index (χ0) is 17.5. The number of nitrogens with one attached hydrogen (secondary N) is 1. The molecule has 0 radical (unpaired) electrons. The predicted molar refractivity (Wildman–Crippen MR) is 98.0 cm³/mol. The van der Waals surface area contributed by atoms with E-state index in [1.807, 2.05) is 30.5 Å². The Balaban J connectivity index is 1.47. The quantitative estimate of drug-likeness (QED) is 0.848. The second-order valence-electron chi connectivity index (χ2n) is 6.55. The van der Waals surface area contributed by atoms with Gasteiger partial charge in [-0.05, 0) is 48.1 Å². The van der Waals surface area contributed by atoms with Gasteiger partial charge in [0.15, 0.2) is 0 Å². The highest BCUT2D eigenvalue weighted by Crippen LogP contribution is 2.21. The van der Waals surface area contributed by atoms with Crippen molar-refractivity contribution in [3.8, 4) is 6.07 Å². The van der Waals surface area contributed by atoms with Crippen LogP contribution < -0.4 is 10.2 Å². The van der Waals surface area contributed by atoms with E-state index in [1.54, 1.807) is 0 Å². The van der Waals surface area contributed by atoms with Crippen LogP contribution in [0.3, 0.4) is 0 Å². The molecule has 1 saturated heterocycles. The zero-order valence-corrected chi connectivity index (χ0v) is 14.4. The average molecular weight is 336 g/mol. The van der Waals surface area contributed by atoms with Crippen LogP contribution in [-0.2, 0) is 13.1 Å². The third kappa shape index (κ3) is 4.79. The molecule has 2 N–H and O–H groups in total. The minimum absolute atomic E-state index is 0.297. The molecular weight excluding hydrogens is 312 g/mol. The van der Waals surface area contributed by atoms with E-state index in [4.69, 9.17) is 5.26 Å². The van der Waals surface area contributed by atoms with Crippen LogP contribution in [0.5, 0.6) is 0 Å². The number of aromatic nitrogens is 1. The van der Waals surface area contributed by atoms with Crippen molar-refractivity contribution in [2.45, 2.75) is 25.9 Å². The number of aliphatic hydroxyl groups is 1. The lowest BCUT2D eigenvalue weighted by Gasteiger charge is -2.32. The molecule has 25 heavy (non-hydrogen) atoms. The molecule has 2 aromatic rings. The molecule has 0 amide bonds. The monoisotopic (exact) mass is 336 g/mol. The smallest absolute Gasteiger partial charge is 0.128 e. The summed E-state index contributed by atoms with van der Waals surface area (Å²) >= 11 is 0. The van der Waals surface area contributed by atoms with Crippen LogP contribution in [0.1, 0.15) is 29.5 Å². The van der Waals surface area contributed by atoms with Crippen molar-refractivity contribution in [1.29, 1.82) is 5.26 Å². The van der Waals surface area contributed by atoms with Crippen LogP contribution in [-0.4, -0.2) is 29.8 Å². The summed E-state index contributed by atoms with van der Waals surface area (Å²) in [5.41, 5.74) is 3.00. The summed E-state index contributed by atoms with van der Waals surface area (Å²) in [5, 5.41) is 21.4. The number of piperidine rings is 1. The molecule has 130 valence electrons. The van der Waals surface area contributed by atoms with E-state index >= 15 is 0 Å². The van der Waals surface area contributed by atoms with Gasteiger partial charge in [0.1, 0.15) is 5.82 Å². The van der Waals surface area contributed by atoms with Gasteiger partial charge in [0.25, 0.3) is 0 Å². The summed E-state index contributed by atoms with van der Waals surface area (Å²) < 4.78 is 0. The number of aliphatic hydroxyl groups excluding tert-OH is 1. The van der Waals surface area contributed by atoms with Crippen molar-refractivity contribution in [1.82, 2.24) is 10.3 Å². The van der Waals surface area contributed by atoms with E-state index in [2.05, 4.69) is 33.4 Å². The lowest BCUT2D eigenvalue weighted by molar-refractivity contribution is 0.203. The summed E-state index contributed by atoms with van der Waals surface area (Å²) in [6.45, 7) is 3.76. The van der Waals surface area contributed by atoms with Crippen LogP contribution in [0.25, 0.3) is 0 Å². The lowest BCUT2D eigenvalue weighted by atomic mass is 9.98. The van der Waals surface area contributed by atoms with Gasteiger partial charge >= 0.3 is 0 Å². The standard InChI is InChI=1S/C20H24N4O/c21-11-16-1-3-17(4-2-16)12-22-13-19-5-6-20(23-14-19)24-9-7-18(15-25)8-10-24/h1-6,14,18,22,25H,7-10,12-13,15H2. The molecule has 0 atom stereocenters. The summed E-state index contributed by atoms with van der Waals surface area (Å²) in [7, 11) is 0. The van der Waals surface area contributed by atoms with Crippen molar-refractivity contribution in [3.05, 3.63) is 59.3 Å². The first-order valence-electron chi connectivity index (χ1n) is 8.79. The predicted octanol–water partition coefficient (Wildman–Crippen LogP) is 2.45. The van der Waals surface area contributed by atoms with E-state index in [0.717, 1.165) is 56.0 Å². The normalized spacial score (nSPS) is 15.1. The first kappa shape index (κ1) is 17.4. The molecule has 0 unspecified atom stereocenters. The Morgan fingerprint density at radius 3 is 2.36 bits per heavy atom. The van der Waals surface area contributed by atoms with Gasteiger partial charge in [-0.15, -0.1) is 0 Å². The number of rotatable bonds is 6. The van der Waals surface area contributed by atoms with Gasteiger partial charge in [0.05, 0.1) is 11.6 Å². The van der Waals surface area contributed by atoms with Crippen LogP contribution in [0.15, 0.2) is 42.6 Å². The van der Waals surface area contributed by atoms with E-state index in [9.17, 15) is 5.11 Å². The Hall–Kier alpha value is -2.42. The topological polar surface area (TPSA) is 72.2 Å². The van der Waals surface area contributed by atoms with Crippen LogP contribution in [0.2, 0.25) is 0 Å². The summed E-state index contributed by atoms with van der Waals surface area (Å²) in [6.07, 6.45) is 4.00. The second kappa shape index (κ2) is 8.61. The fourth-order valence-electron chi connectivity index (χ4n) is 3.10. The number of hydrogen-bond donors (Lipinski definition) is 2. The number of benzene rings is 1. The number of nitrogens with zero attached hydrogens (tertiary/aromatic N) is 3. The Kier molecular flexibility index (Phi) is 5.99. The second-order valence-corrected chi connectivity index (χ2v) is 6.55. The minimum Gasteiger partial charge on any atom is -0.396 e.